The van der Waals surface area contributed by atoms with Crippen molar-refractivity contribution in [2.45, 2.75) is 33.4 Å². The first-order valence-electron chi connectivity index (χ1n) is 10.1. The molecule has 0 radical (unpaired) electrons. The third-order valence-corrected chi connectivity index (χ3v) is 5.49. The highest BCUT2D eigenvalue weighted by atomic mass is 32.1. The lowest BCUT2D eigenvalue weighted by Crippen LogP contribution is -2.23. The predicted molar refractivity (Wildman–Crippen MR) is 122 cm³/mol. The van der Waals surface area contributed by atoms with Gasteiger partial charge in [0.25, 0.3) is 5.91 Å². The molecule has 1 aromatic heterocycles. The number of aromatic nitrogens is 1. The van der Waals surface area contributed by atoms with E-state index in [9.17, 15) is 9.59 Å². The number of esters is 1. The molecule has 0 fully saturated rings. The number of hydrogen-bond acceptors (Lipinski definition) is 7. The van der Waals surface area contributed by atoms with Gasteiger partial charge in [-0.2, -0.15) is 4.99 Å². The van der Waals surface area contributed by atoms with Gasteiger partial charge in [0, 0.05) is 17.7 Å². The maximum Gasteiger partial charge on any atom is 0.326 e. The molecule has 32 heavy (non-hydrogen) atoms. The van der Waals surface area contributed by atoms with Gasteiger partial charge in [0.2, 0.25) is 0 Å². The monoisotopic (exact) mass is 458 g/mol. The summed E-state index contributed by atoms with van der Waals surface area (Å²) in [7, 11) is 3.08. The van der Waals surface area contributed by atoms with Crippen molar-refractivity contribution in [1.29, 1.82) is 0 Å². The molecule has 1 heterocycles. The maximum atomic E-state index is 12.9. The standard InChI is InChI=1S/C23H26N2O6S/c1-6-30-21(26)13-25-17-11-18(28-4)19(29-5)12-20(17)32-23(25)24-22(27)15-7-9-16(10-8-15)31-14(2)3/h7-12,14H,6,13H2,1-5H3. The molecule has 0 saturated carbocycles. The Hall–Kier alpha value is -3.33. The lowest BCUT2D eigenvalue weighted by molar-refractivity contribution is -0.143. The molecule has 0 N–H and O–H groups in total. The van der Waals surface area contributed by atoms with E-state index < -0.39 is 11.9 Å². The largest absolute Gasteiger partial charge is 0.493 e. The second-order valence-electron chi connectivity index (χ2n) is 7.06. The lowest BCUT2D eigenvalue weighted by Gasteiger charge is -2.09. The molecule has 0 aliphatic rings. The highest BCUT2D eigenvalue weighted by Gasteiger charge is 2.16. The van der Waals surface area contributed by atoms with E-state index >= 15 is 0 Å². The van der Waals surface area contributed by atoms with Gasteiger partial charge in [-0.25, -0.2) is 0 Å². The average Bonchev–Trinajstić information content (AvgIpc) is 3.08. The molecule has 0 saturated heterocycles. The van der Waals surface area contributed by atoms with Gasteiger partial charge in [0.15, 0.2) is 16.3 Å². The van der Waals surface area contributed by atoms with Crippen LogP contribution < -0.4 is 19.0 Å². The van der Waals surface area contributed by atoms with Gasteiger partial charge >= 0.3 is 5.97 Å². The summed E-state index contributed by atoms with van der Waals surface area (Å²) < 4.78 is 23.9. The van der Waals surface area contributed by atoms with Gasteiger partial charge in [0.1, 0.15) is 12.3 Å². The highest BCUT2D eigenvalue weighted by molar-refractivity contribution is 7.16. The van der Waals surface area contributed by atoms with E-state index in [1.807, 2.05) is 13.8 Å². The molecule has 0 spiro atoms. The normalized spacial score (nSPS) is 11.6. The van der Waals surface area contributed by atoms with Crippen LogP contribution in [0.15, 0.2) is 41.4 Å². The summed E-state index contributed by atoms with van der Waals surface area (Å²) in [5.74, 6) is 0.877. The molecular formula is C23H26N2O6S. The van der Waals surface area contributed by atoms with Gasteiger partial charge < -0.3 is 23.5 Å². The molecule has 2 aromatic carbocycles. The van der Waals surface area contributed by atoms with Crippen LogP contribution in [-0.2, 0) is 16.1 Å². The molecule has 170 valence electrons. The number of methoxy groups -OCH3 is 2. The second kappa shape index (κ2) is 10.3. The van der Waals surface area contributed by atoms with E-state index in [1.165, 1.54) is 18.4 Å². The Labute approximate surface area is 190 Å². The summed E-state index contributed by atoms with van der Waals surface area (Å²) in [5.41, 5.74) is 1.10. The minimum atomic E-state index is -0.427. The molecule has 3 aromatic rings. The minimum absolute atomic E-state index is 0.0376. The third-order valence-electron chi connectivity index (χ3n) is 4.45. The number of fused-ring (bicyclic) bond motifs is 1. The number of carbonyl (C=O) groups excluding carboxylic acids is 2. The summed E-state index contributed by atoms with van der Waals surface area (Å²) in [5, 5.41) is 0. The van der Waals surface area contributed by atoms with Gasteiger partial charge in [0.05, 0.1) is 37.1 Å². The molecule has 0 aliphatic carbocycles. The van der Waals surface area contributed by atoms with E-state index in [4.69, 9.17) is 18.9 Å². The molecule has 1 amide bonds. The molecule has 9 heteroatoms. The number of thiazole rings is 1. The van der Waals surface area contributed by atoms with Crippen molar-refractivity contribution in [2.75, 3.05) is 20.8 Å². The van der Waals surface area contributed by atoms with Crippen molar-refractivity contribution >= 4 is 33.4 Å². The van der Waals surface area contributed by atoms with Crippen LogP contribution in [0.3, 0.4) is 0 Å². The number of ether oxygens (including phenoxy) is 4. The van der Waals surface area contributed by atoms with Crippen molar-refractivity contribution in [3.05, 3.63) is 46.8 Å². The van der Waals surface area contributed by atoms with Crippen molar-refractivity contribution in [3.63, 3.8) is 0 Å². The Morgan fingerprint density at radius 2 is 1.72 bits per heavy atom. The zero-order valence-electron chi connectivity index (χ0n) is 18.7. The van der Waals surface area contributed by atoms with Crippen LogP contribution >= 0.6 is 11.3 Å². The fourth-order valence-electron chi connectivity index (χ4n) is 3.07. The molecule has 0 aliphatic heterocycles. The lowest BCUT2D eigenvalue weighted by atomic mass is 10.2. The fourth-order valence-corrected chi connectivity index (χ4v) is 4.11. The molecule has 0 atom stereocenters. The summed E-state index contributed by atoms with van der Waals surface area (Å²) in [4.78, 5) is 29.7. The Balaban J connectivity index is 2.07. The number of nitrogens with zero attached hydrogens (tertiary/aromatic N) is 2. The fraction of sp³-hybridized carbons (Fsp3) is 0.348. The smallest absolute Gasteiger partial charge is 0.326 e. The zero-order valence-corrected chi connectivity index (χ0v) is 19.5. The molecule has 3 rings (SSSR count). The Kier molecular flexibility index (Phi) is 7.53. The summed E-state index contributed by atoms with van der Waals surface area (Å²) in [6.45, 7) is 5.78. The number of hydrogen-bond donors (Lipinski definition) is 0. The van der Waals surface area contributed by atoms with Crippen LogP contribution in [0, 0.1) is 0 Å². The van der Waals surface area contributed by atoms with Crippen LogP contribution in [0.4, 0.5) is 0 Å². The van der Waals surface area contributed by atoms with Crippen LogP contribution in [0.25, 0.3) is 10.2 Å². The van der Waals surface area contributed by atoms with Gasteiger partial charge in [-0.1, -0.05) is 11.3 Å². The van der Waals surface area contributed by atoms with Gasteiger partial charge in [-0.15, -0.1) is 0 Å². The summed E-state index contributed by atoms with van der Waals surface area (Å²) in [6, 6.07) is 10.3. The van der Waals surface area contributed by atoms with E-state index in [-0.39, 0.29) is 19.3 Å². The molecule has 0 unspecified atom stereocenters. The quantitative estimate of drug-likeness (QED) is 0.477. The molecule has 8 nitrogen and oxygen atoms in total. The Morgan fingerprint density at radius 1 is 1.06 bits per heavy atom. The van der Waals surface area contributed by atoms with Crippen LogP contribution in [0.5, 0.6) is 17.2 Å². The second-order valence-corrected chi connectivity index (χ2v) is 8.07. The highest BCUT2D eigenvalue weighted by Crippen LogP contribution is 2.33. The van der Waals surface area contributed by atoms with Gasteiger partial charge in [-0.3, -0.25) is 9.59 Å². The first-order chi connectivity index (χ1) is 15.4. The third kappa shape index (κ3) is 5.28. The van der Waals surface area contributed by atoms with Crippen molar-refractivity contribution in [1.82, 2.24) is 4.57 Å². The Bertz CT molecular complexity index is 1180. The van der Waals surface area contributed by atoms with E-state index in [0.717, 1.165) is 4.70 Å². The maximum absolute atomic E-state index is 12.9. The zero-order chi connectivity index (χ0) is 23.3. The van der Waals surface area contributed by atoms with E-state index in [1.54, 1.807) is 55.0 Å². The van der Waals surface area contributed by atoms with Crippen LogP contribution in [0.2, 0.25) is 0 Å². The van der Waals surface area contributed by atoms with Crippen molar-refractivity contribution < 1.29 is 28.5 Å². The van der Waals surface area contributed by atoms with Crippen LogP contribution in [0.1, 0.15) is 31.1 Å². The summed E-state index contributed by atoms with van der Waals surface area (Å²) in [6.07, 6.45) is 0.0376. The van der Waals surface area contributed by atoms with Gasteiger partial charge in [-0.05, 0) is 45.0 Å². The number of carbonyl (C=O) groups is 2. The van der Waals surface area contributed by atoms with E-state index in [2.05, 4.69) is 4.99 Å². The molecular weight excluding hydrogens is 432 g/mol. The van der Waals surface area contributed by atoms with Crippen molar-refractivity contribution in [2.24, 2.45) is 4.99 Å². The Morgan fingerprint density at radius 3 is 2.31 bits per heavy atom. The number of benzene rings is 2. The minimum Gasteiger partial charge on any atom is -0.493 e. The first kappa shape index (κ1) is 23.3. The summed E-state index contributed by atoms with van der Waals surface area (Å²) >= 11 is 1.27. The van der Waals surface area contributed by atoms with E-state index in [0.29, 0.717) is 33.1 Å². The van der Waals surface area contributed by atoms with Crippen LogP contribution in [-0.4, -0.2) is 43.4 Å². The van der Waals surface area contributed by atoms with Crippen molar-refractivity contribution in [3.8, 4) is 17.2 Å². The average molecular weight is 459 g/mol. The molecule has 0 bridgehead atoms. The number of amides is 1. The predicted octanol–water partition coefficient (Wildman–Crippen LogP) is 3.81. The SMILES string of the molecule is CCOC(=O)Cn1c(=NC(=O)c2ccc(OC(C)C)cc2)sc2cc(OC)c(OC)cc21. The number of rotatable bonds is 8. The first-order valence-corrected chi connectivity index (χ1v) is 10.9. The topological polar surface area (TPSA) is 88.4 Å².